The molecular weight excluding hydrogens is 438 g/mol. The Bertz CT molecular complexity index is 1300. The van der Waals surface area contributed by atoms with Crippen LogP contribution in [0.5, 0.6) is 0 Å². The molecule has 1 fully saturated rings. The lowest BCUT2D eigenvalue weighted by atomic mass is 9.96. The second kappa shape index (κ2) is 8.14. The summed E-state index contributed by atoms with van der Waals surface area (Å²) in [4.78, 5) is 15.1. The molecule has 1 saturated heterocycles. The Morgan fingerprint density at radius 3 is 2.36 bits per heavy atom. The van der Waals surface area contributed by atoms with Crippen LogP contribution in [0.25, 0.3) is 11.5 Å². The van der Waals surface area contributed by atoms with Gasteiger partial charge in [0.2, 0.25) is 15.9 Å². The van der Waals surface area contributed by atoms with Crippen LogP contribution in [0.4, 0.5) is 0 Å². The number of amides is 1. The lowest BCUT2D eigenvalue weighted by Gasteiger charge is -2.31. The maximum Gasteiger partial charge on any atom is 0.226 e. The first-order valence-electron chi connectivity index (χ1n) is 11.3. The first kappa shape index (κ1) is 21.9. The quantitative estimate of drug-likeness (QED) is 0.591. The number of sulfonamides is 1. The Kier molecular flexibility index (Phi) is 5.41. The molecule has 2 aliphatic heterocycles. The van der Waals surface area contributed by atoms with Gasteiger partial charge in [0.1, 0.15) is 5.82 Å². The van der Waals surface area contributed by atoms with Gasteiger partial charge in [-0.2, -0.15) is 5.10 Å². The summed E-state index contributed by atoms with van der Waals surface area (Å²) in [6.45, 7) is 5.99. The van der Waals surface area contributed by atoms with Gasteiger partial charge >= 0.3 is 0 Å². The van der Waals surface area contributed by atoms with Crippen molar-refractivity contribution in [2.75, 3.05) is 19.3 Å². The number of nitrogens with zero attached hydrogens (tertiary/aromatic N) is 5. The largest absolute Gasteiger partial charge is 0.332 e. The predicted molar refractivity (Wildman–Crippen MR) is 126 cm³/mol. The molecule has 0 aliphatic carbocycles. The van der Waals surface area contributed by atoms with Crippen molar-refractivity contribution in [3.8, 4) is 11.5 Å². The Hall–Kier alpha value is -2.91. The number of piperidine rings is 1. The van der Waals surface area contributed by atoms with Crippen molar-refractivity contribution in [2.24, 2.45) is 5.92 Å². The normalized spacial score (nSPS) is 17.5. The van der Waals surface area contributed by atoms with E-state index in [2.05, 4.69) is 36.6 Å². The van der Waals surface area contributed by atoms with Crippen molar-refractivity contribution in [1.82, 2.24) is 23.6 Å². The van der Waals surface area contributed by atoms with Crippen LogP contribution >= 0.6 is 0 Å². The Morgan fingerprint density at radius 1 is 1.03 bits per heavy atom. The third-order valence-corrected chi connectivity index (χ3v) is 8.20. The van der Waals surface area contributed by atoms with Gasteiger partial charge in [0, 0.05) is 37.0 Å². The summed E-state index contributed by atoms with van der Waals surface area (Å²) in [6, 6.07) is 10.3. The minimum atomic E-state index is -3.20. The number of aryl methyl sites for hydroxylation is 2. The van der Waals surface area contributed by atoms with Crippen LogP contribution in [0, 0.1) is 19.8 Å². The molecule has 0 saturated carbocycles. The highest BCUT2D eigenvalue weighted by atomic mass is 32.2. The maximum atomic E-state index is 13.3. The molecule has 9 heteroatoms. The number of fused-ring (bicyclic) bond motifs is 1. The highest BCUT2D eigenvalue weighted by Gasteiger charge is 2.36. The van der Waals surface area contributed by atoms with E-state index in [1.165, 1.54) is 21.7 Å². The van der Waals surface area contributed by atoms with E-state index in [1.807, 2.05) is 34.1 Å². The predicted octanol–water partition coefficient (Wildman–Crippen LogP) is 2.79. The monoisotopic (exact) mass is 467 g/mol. The Balaban J connectivity index is 1.41. The highest BCUT2D eigenvalue weighted by Crippen LogP contribution is 2.33. The molecule has 8 nitrogen and oxygen atoms in total. The maximum absolute atomic E-state index is 13.3. The second-order valence-electron chi connectivity index (χ2n) is 9.15. The van der Waals surface area contributed by atoms with Crippen molar-refractivity contribution in [1.29, 1.82) is 0 Å². The summed E-state index contributed by atoms with van der Waals surface area (Å²) >= 11 is 0. The van der Waals surface area contributed by atoms with E-state index in [1.54, 1.807) is 0 Å². The number of carbonyl (C=O) groups is 1. The average Bonchev–Trinajstić information content (AvgIpc) is 3.50. The van der Waals surface area contributed by atoms with Gasteiger partial charge in [-0.15, -0.1) is 0 Å². The van der Waals surface area contributed by atoms with E-state index in [-0.39, 0.29) is 11.8 Å². The van der Waals surface area contributed by atoms with Crippen LogP contribution in [0.15, 0.2) is 42.7 Å². The summed E-state index contributed by atoms with van der Waals surface area (Å²) in [5, 5.41) is 4.92. The van der Waals surface area contributed by atoms with Gasteiger partial charge < -0.3 is 9.47 Å². The van der Waals surface area contributed by atoms with Crippen molar-refractivity contribution >= 4 is 15.9 Å². The molecule has 1 amide bonds. The molecule has 0 atom stereocenters. The number of hydrogen-bond acceptors (Lipinski definition) is 4. The van der Waals surface area contributed by atoms with Gasteiger partial charge in [-0.25, -0.2) is 17.4 Å². The van der Waals surface area contributed by atoms with Gasteiger partial charge in [-0.3, -0.25) is 4.79 Å². The molecule has 2 aromatic heterocycles. The van der Waals surface area contributed by atoms with Gasteiger partial charge in [0.25, 0.3) is 0 Å². The molecule has 4 heterocycles. The van der Waals surface area contributed by atoms with Gasteiger partial charge in [0.05, 0.1) is 30.7 Å². The number of aromatic nitrogens is 3. The van der Waals surface area contributed by atoms with Gasteiger partial charge in [0.15, 0.2) is 0 Å². The van der Waals surface area contributed by atoms with Crippen LogP contribution in [0.2, 0.25) is 0 Å². The summed E-state index contributed by atoms with van der Waals surface area (Å²) in [5.74, 6) is 0.909. The fraction of sp³-hybridized carbons (Fsp3) is 0.417. The zero-order chi connectivity index (χ0) is 23.3. The third kappa shape index (κ3) is 4.00. The molecule has 1 aromatic carbocycles. The van der Waals surface area contributed by atoms with Crippen LogP contribution < -0.4 is 0 Å². The molecule has 0 radical (unpaired) electrons. The number of rotatable bonds is 4. The van der Waals surface area contributed by atoms with Crippen molar-refractivity contribution in [2.45, 2.75) is 39.8 Å². The average molecular weight is 468 g/mol. The zero-order valence-corrected chi connectivity index (χ0v) is 20.0. The summed E-state index contributed by atoms with van der Waals surface area (Å²) in [5.41, 5.74) is 5.42. The first-order valence-corrected chi connectivity index (χ1v) is 13.1. The molecule has 174 valence electrons. The van der Waals surface area contributed by atoms with E-state index in [0.29, 0.717) is 39.0 Å². The lowest BCUT2D eigenvalue weighted by molar-refractivity contribution is -0.137. The first-order chi connectivity index (χ1) is 15.7. The number of carbonyl (C=O) groups excluding carboxylic acids is 1. The summed E-state index contributed by atoms with van der Waals surface area (Å²) in [6.07, 6.45) is 6.35. The van der Waals surface area contributed by atoms with Crippen LogP contribution in [-0.4, -0.2) is 57.2 Å². The minimum absolute atomic E-state index is 0.0948. The molecule has 33 heavy (non-hydrogen) atoms. The lowest BCUT2D eigenvalue weighted by Crippen LogP contribution is -2.42. The molecule has 0 unspecified atom stereocenters. The van der Waals surface area contributed by atoms with E-state index >= 15 is 0 Å². The van der Waals surface area contributed by atoms with Gasteiger partial charge in [-0.1, -0.05) is 6.07 Å². The van der Waals surface area contributed by atoms with Crippen molar-refractivity contribution < 1.29 is 13.2 Å². The summed E-state index contributed by atoms with van der Waals surface area (Å²) in [7, 11) is -3.20. The highest BCUT2D eigenvalue weighted by molar-refractivity contribution is 7.88. The van der Waals surface area contributed by atoms with Crippen LogP contribution in [-0.2, 0) is 27.9 Å². The molecule has 0 N–H and O–H groups in total. The number of hydrogen-bond donors (Lipinski definition) is 0. The second-order valence-corrected chi connectivity index (χ2v) is 11.1. The molecular formula is C24H29N5O3S. The van der Waals surface area contributed by atoms with Crippen molar-refractivity contribution in [3.05, 3.63) is 65.1 Å². The SMILES string of the molecule is Cc1ccc(-n2nc3c(c2-n2cccc2)CN(C(=O)C2CCN(S(C)(=O)=O)CC2)C3)cc1C. The molecule has 0 spiro atoms. The standard InChI is InChI=1S/C24H29N5O3S/c1-17-6-7-20(14-18(17)2)29-23(26-10-4-5-11-26)21-15-27(16-22(21)25-29)24(30)19-8-12-28(13-9-19)33(3,31)32/h4-7,10-11,14,19H,8-9,12-13,15-16H2,1-3H3. The van der Waals surface area contributed by atoms with Crippen molar-refractivity contribution in [3.63, 3.8) is 0 Å². The Morgan fingerprint density at radius 2 is 1.73 bits per heavy atom. The molecule has 3 aromatic rings. The van der Waals surface area contributed by atoms with E-state index in [9.17, 15) is 13.2 Å². The zero-order valence-electron chi connectivity index (χ0n) is 19.2. The van der Waals surface area contributed by atoms with Crippen LogP contribution in [0.3, 0.4) is 0 Å². The molecule has 2 aliphatic rings. The van der Waals surface area contributed by atoms with Gasteiger partial charge in [-0.05, 0) is 62.1 Å². The third-order valence-electron chi connectivity index (χ3n) is 6.90. The minimum Gasteiger partial charge on any atom is -0.332 e. The molecule has 5 rings (SSSR count). The van der Waals surface area contributed by atoms with E-state index in [4.69, 9.17) is 5.10 Å². The number of benzene rings is 1. The topological polar surface area (TPSA) is 80.4 Å². The van der Waals surface area contributed by atoms with E-state index in [0.717, 1.165) is 22.8 Å². The smallest absolute Gasteiger partial charge is 0.226 e. The summed E-state index contributed by atoms with van der Waals surface area (Å²) < 4.78 is 29.1. The Labute approximate surface area is 194 Å². The fourth-order valence-electron chi connectivity index (χ4n) is 4.83. The molecule has 0 bridgehead atoms. The van der Waals surface area contributed by atoms with E-state index < -0.39 is 10.0 Å². The van der Waals surface area contributed by atoms with Crippen LogP contribution in [0.1, 0.15) is 35.2 Å². The fourth-order valence-corrected chi connectivity index (χ4v) is 5.70.